The van der Waals surface area contributed by atoms with Gasteiger partial charge in [-0.2, -0.15) is 0 Å². The maximum atomic E-state index is 11.1. The van der Waals surface area contributed by atoms with Gasteiger partial charge in [0.25, 0.3) is 0 Å². The summed E-state index contributed by atoms with van der Waals surface area (Å²) >= 11 is 0. The molecule has 1 atom stereocenters. The van der Waals surface area contributed by atoms with Crippen molar-refractivity contribution in [1.82, 2.24) is 4.98 Å². The van der Waals surface area contributed by atoms with Crippen LogP contribution in [0.15, 0.2) is 30.3 Å². The van der Waals surface area contributed by atoms with Crippen molar-refractivity contribution in [2.45, 2.75) is 84.7 Å². The van der Waals surface area contributed by atoms with E-state index < -0.39 is 9.04 Å². The molecule has 0 aliphatic carbocycles. The number of carbonyl (C=O) groups excluding carboxylic acids is 1. The smallest absolute Gasteiger partial charge is 0.204 e. The number of aldehydes is 1. The predicted molar refractivity (Wildman–Crippen MR) is 125 cm³/mol. The van der Waals surface area contributed by atoms with Gasteiger partial charge in [-0.3, -0.25) is 4.79 Å². The Balaban J connectivity index is 1.88. The lowest BCUT2D eigenvalue weighted by atomic mass is 9.73. The highest BCUT2D eigenvalue weighted by molar-refractivity contribution is 6.48. The highest BCUT2D eigenvalue weighted by Crippen LogP contribution is 2.39. The first kappa shape index (κ1) is 23.8. The third-order valence-corrected chi connectivity index (χ3v) is 6.37. The molecule has 0 aliphatic rings. The monoisotopic (exact) mass is 412 g/mol. The molecule has 0 saturated carbocycles. The van der Waals surface area contributed by atoms with Crippen LogP contribution in [0.5, 0.6) is 0 Å². The first-order valence-corrected chi connectivity index (χ1v) is 13.5. The van der Waals surface area contributed by atoms with Gasteiger partial charge >= 0.3 is 0 Å². The number of benzene rings is 1. The number of aromatic nitrogens is 1. The first-order valence-electron chi connectivity index (χ1n) is 11.1. The lowest BCUT2D eigenvalue weighted by Gasteiger charge is -2.31. The summed E-state index contributed by atoms with van der Waals surface area (Å²) in [5.41, 5.74) is 2.97. The molecular weight excluding hydrogens is 374 g/mol. The van der Waals surface area contributed by atoms with Gasteiger partial charge in [0.2, 0.25) is 9.04 Å². The Labute approximate surface area is 179 Å². The average molecular weight is 413 g/mol. The molecule has 0 bridgehead atoms. The first-order chi connectivity index (χ1) is 13.8. The number of nitrogens with zero attached hydrogens (tertiary/aromatic N) is 1. The van der Waals surface area contributed by atoms with E-state index >= 15 is 0 Å². The van der Waals surface area contributed by atoms with Crippen LogP contribution < -0.4 is 0 Å². The van der Waals surface area contributed by atoms with Crippen LogP contribution in [0.25, 0.3) is 10.9 Å². The highest BCUT2D eigenvalue weighted by atomic mass is 28.3. The van der Waals surface area contributed by atoms with Crippen LogP contribution in [0.1, 0.15) is 87.7 Å². The van der Waals surface area contributed by atoms with E-state index in [4.69, 9.17) is 4.43 Å². The standard InChI is InChI=1S/C25H38NO2Si/c1-25(2,3)23(12-10-8-6-7-9-11-17-28-29(4)5)21-14-13-20-15-16-22(19-27)26-24(20)18-21/h13-16,18-19,23H,6-12,17H2,1-5H3. The molecule has 0 amide bonds. The van der Waals surface area contributed by atoms with Gasteiger partial charge < -0.3 is 4.43 Å². The van der Waals surface area contributed by atoms with Crippen LogP contribution in [0.4, 0.5) is 0 Å². The van der Waals surface area contributed by atoms with Gasteiger partial charge in [-0.15, -0.1) is 0 Å². The number of pyridine rings is 1. The van der Waals surface area contributed by atoms with Crippen molar-refractivity contribution in [2.24, 2.45) is 5.41 Å². The Bertz CT molecular complexity index is 767. The molecule has 0 spiro atoms. The van der Waals surface area contributed by atoms with Crippen molar-refractivity contribution in [3.8, 4) is 0 Å². The van der Waals surface area contributed by atoms with E-state index in [-0.39, 0.29) is 5.41 Å². The minimum absolute atomic E-state index is 0.201. The molecule has 0 N–H and O–H groups in total. The zero-order valence-corrected chi connectivity index (χ0v) is 20.0. The molecular formula is C25H38NO2Si. The number of fused-ring (bicyclic) bond motifs is 1. The molecule has 0 aliphatic heterocycles. The Morgan fingerprint density at radius 1 is 1.00 bits per heavy atom. The molecule has 0 saturated heterocycles. The van der Waals surface area contributed by atoms with Gasteiger partial charge in [0.1, 0.15) is 5.69 Å². The number of carbonyl (C=O) groups is 1. The molecule has 4 heteroatoms. The van der Waals surface area contributed by atoms with Crippen LogP contribution in [0.2, 0.25) is 13.1 Å². The summed E-state index contributed by atoms with van der Waals surface area (Å²) in [4.78, 5) is 15.6. The van der Waals surface area contributed by atoms with Crippen molar-refractivity contribution in [3.05, 3.63) is 41.6 Å². The van der Waals surface area contributed by atoms with Gasteiger partial charge in [0.15, 0.2) is 6.29 Å². The van der Waals surface area contributed by atoms with Crippen LogP contribution in [0.3, 0.4) is 0 Å². The third-order valence-electron chi connectivity index (χ3n) is 5.58. The fraction of sp³-hybridized carbons (Fsp3) is 0.600. The molecule has 1 radical (unpaired) electrons. The van der Waals surface area contributed by atoms with E-state index in [0.717, 1.165) is 23.8 Å². The van der Waals surface area contributed by atoms with Crippen molar-refractivity contribution in [3.63, 3.8) is 0 Å². The molecule has 2 rings (SSSR count). The second-order valence-corrected chi connectivity index (χ2v) is 11.5. The SMILES string of the molecule is C[Si](C)OCCCCCCCCC(c1ccc2ccc(C=O)nc2c1)C(C)(C)C. The molecule has 1 unspecified atom stereocenters. The van der Waals surface area contributed by atoms with Crippen molar-refractivity contribution < 1.29 is 9.22 Å². The van der Waals surface area contributed by atoms with Crippen molar-refractivity contribution >= 4 is 26.2 Å². The van der Waals surface area contributed by atoms with Gasteiger partial charge in [0.05, 0.1) is 5.52 Å². The molecule has 159 valence electrons. The Morgan fingerprint density at radius 2 is 1.66 bits per heavy atom. The summed E-state index contributed by atoms with van der Waals surface area (Å²) in [5.74, 6) is 0.497. The largest absolute Gasteiger partial charge is 0.417 e. The topological polar surface area (TPSA) is 39.2 Å². The second-order valence-electron chi connectivity index (χ2n) is 9.39. The third kappa shape index (κ3) is 8.02. The number of unbranched alkanes of at least 4 members (excludes halogenated alkanes) is 5. The van der Waals surface area contributed by atoms with E-state index in [9.17, 15) is 4.79 Å². The van der Waals surface area contributed by atoms with Crippen LogP contribution in [-0.4, -0.2) is 26.9 Å². The van der Waals surface area contributed by atoms with Gasteiger partial charge in [-0.1, -0.05) is 71.1 Å². The lowest BCUT2D eigenvalue weighted by molar-refractivity contribution is 0.111. The second kappa shape index (κ2) is 11.6. The maximum Gasteiger partial charge on any atom is 0.204 e. The normalized spacial score (nSPS) is 13.2. The Morgan fingerprint density at radius 3 is 2.31 bits per heavy atom. The Kier molecular flexibility index (Phi) is 9.51. The molecule has 29 heavy (non-hydrogen) atoms. The maximum absolute atomic E-state index is 11.1. The summed E-state index contributed by atoms with van der Waals surface area (Å²) in [6.07, 6.45) is 9.69. The fourth-order valence-corrected chi connectivity index (χ4v) is 4.52. The highest BCUT2D eigenvalue weighted by Gasteiger charge is 2.26. The minimum atomic E-state index is -0.524. The number of hydrogen-bond donors (Lipinski definition) is 0. The Hall–Kier alpha value is -1.52. The van der Waals surface area contributed by atoms with E-state index in [0.29, 0.717) is 11.6 Å². The van der Waals surface area contributed by atoms with Crippen molar-refractivity contribution in [1.29, 1.82) is 0 Å². The predicted octanol–water partition coefficient (Wildman–Crippen LogP) is 7.18. The molecule has 1 heterocycles. The van der Waals surface area contributed by atoms with E-state index in [1.807, 2.05) is 6.07 Å². The zero-order valence-electron chi connectivity index (χ0n) is 19.0. The van der Waals surface area contributed by atoms with E-state index in [2.05, 4.69) is 57.0 Å². The molecule has 0 fully saturated rings. The summed E-state index contributed by atoms with van der Waals surface area (Å²) in [6, 6.07) is 10.3. The molecule has 2 aromatic rings. The van der Waals surface area contributed by atoms with Crippen LogP contribution in [-0.2, 0) is 4.43 Å². The van der Waals surface area contributed by atoms with Gasteiger partial charge in [0, 0.05) is 12.0 Å². The van der Waals surface area contributed by atoms with E-state index in [1.165, 1.54) is 50.5 Å². The number of rotatable bonds is 12. The van der Waals surface area contributed by atoms with Crippen molar-refractivity contribution in [2.75, 3.05) is 6.61 Å². The summed E-state index contributed by atoms with van der Waals surface area (Å²) < 4.78 is 5.71. The summed E-state index contributed by atoms with van der Waals surface area (Å²) in [6.45, 7) is 12.3. The van der Waals surface area contributed by atoms with Crippen LogP contribution >= 0.6 is 0 Å². The number of hydrogen-bond acceptors (Lipinski definition) is 3. The van der Waals surface area contributed by atoms with E-state index in [1.54, 1.807) is 6.07 Å². The zero-order chi connectivity index (χ0) is 21.3. The average Bonchev–Trinajstić information content (AvgIpc) is 2.67. The van der Waals surface area contributed by atoms with Gasteiger partial charge in [-0.05, 0) is 55.0 Å². The summed E-state index contributed by atoms with van der Waals surface area (Å²) in [5, 5.41) is 1.09. The quantitative estimate of drug-likeness (QED) is 0.211. The molecule has 1 aromatic heterocycles. The molecule has 1 aromatic carbocycles. The van der Waals surface area contributed by atoms with Gasteiger partial charge in [-0.25, -0.2) is 4.98 Å². The molecule has 3 nitrogen and oxygen atoms in total. The summed E-state index contributed by atoms with van der Waals surface area (Å²) in [7, 11) is -0.524. The fourth-order valence-electron chi connectivity index (χ4n) is 3.97. The minimum Gasteiger partial charge on any atom is -0.417 e. The van der Waals surface area contributed by atoms with Crippen LogP contribution in [0, 0.1) is 5.41 Å². The lowest BCUT2D eigenvalue weighted by Crippen LogP contribution is -2.18.